The number of anilines is 3. The fourth-order valence-corrected chi connectivity index (χ4v) is 6.95. The van der Waals surface area contributed by atoms with Crippen LogP contribution in [0, 0.1) is 6.92 Å². The molecule has 1 fully saturated rings. The molecule has 0 saturated heterocycles. The maximum absolute atomic E-state index is 13.4. The monoisotopic (exact) mass is 558 g/mol. The van der Waals surface area contributed by atoms with Gasteiger partial charge in [0.2, 0.25) is 0 Å². The van der Waals surface area contributed by atoms with Crippen LogP contribution in [0.4, 0.5) is 17.1 Å². The lowest BCUT2D eigenvalue weighted by Crippen LogP contribution is -2.35. The van der Waals surface area contributed by atoms with Crippen molar-refractivity contribution in [3.63, 3.8) is 0 Å². The average Bonchev–Trinajstić information content (AvgIpc) is 3.30. The van der Waals surface area contributed by atoms with Crippen molar-refractivity contribution < 1.29 is 14.3 Å². The zero-order valence-corrected chi connectivity index (χ0v) is 24.9. The van der Waals surface area contributed by atoms with Crippen LogP contribution in [0.15, 0.2) is 78.9 Å². The predicted molar refractivity (Wildman–Crippen MR) is 169 cm³/mol. The molecule has 4 aromatic carbocycles. The van der Waals surface area contributed by atoms with E-state index in [1.54, 1.807) is 0 Å². The van der Waals surface area contributed by atoms with Gasteiger partial charge in [0.1, 0.15) is 11.5 Å². The van der Waals surface area contributed by atoms with Gasteiger partial charge in [-0.15, -0.1) is 0 Å². The molecule has 1 aliphatic carbocycles. The van der Waals surface area contributed by atoms with Crippen molar-refractivity contribution in [2.45, 2.75) is 70.4 Å². The van der Waals surface area contributed by atoms with Gasteiger partial charge in [-0.1, -0.05) is 63.4 Å². The Bertz CT molecular complexity index is 1670. The number of carbonyl (C=O) groups is 1. The summed E-state index contributed by atoms with van der Waals surface area (Å²) in [5.41, 5.74) is 7.46. The molecule has 0 aromatic heterocycles. The standard InChI is InChI=1S/C37H38N2O3/c1-23(2)25-14-16-26(17-15-25)38-33-22-32-34(20-24(33)3)41-35-21-28(39(4)27-10-6-5-7-11-27)18-19-31(35)37(32)30-13-9-8-12-29(30)36(40)42-37/h8-9,12-23,27,38H,5-7,10-11H2,1-4H3. The maximum Gasteiger partial charge on any atom is 0.340 e. The van der Waals surface area contributed by atoms with Gasteiger partial charge in [-0.25, -0.2) is 4.79 Å². The van der Waals surface area contributed by atoms with Gasteiger partial charge in [-0.05, 0) is 79.3 Å². The molecule has 0 radical (unpaired) electrons. The lowest BCUT2D eigenvalue weighted by Gasteiger charge is -2.38. The highest BCUT2D eigenvalue weighted by Gasteiger charge is 2.53. The summed E-state index contributed by atoms with van der Waals surface area (Å²) in [4.78, 5) is 15.8. The van der Waals surface area contributed by atoms with E-state index >= 15 is 0 Å². The van der Waals surface area contributed by atoms with E-state index in [1.807, 2.05) is 24.3 Å². The quantitative estimate of drug-likeness (QED) is 0.248. The van der Waals surface area contributed by atoms with E-state index in [0.29, 0.717) is 23.3 Å². The van der Waals surface area contributed by atoms with Crippen LogP contribution in [-0.2, 0) is 10.3 Å². The van der Waals surface area contributed by atoms with Crippen molar-refractivity contribution in [2.75, 3.05) is 17.3 Å². The summed E-state index contributed by atoms with van der Waals surface area (Å²) in [7, 11) is 2.19. The normalized spacial score (nSPS) is 19.1. The summed E-state index contributed by atoms with van der Waals surface area (Å²) in [5, 5.41) is 3.61. The minimum atomic E-state index is -1.09. The second-order valence-corrected chi connectivity index (χ2v) is 12.4. The number of carbonyl (C=O) groups excluding carboxylic acids is 1. The molecule has 0 amide bonds. The van der Waals surface area contributed by atoms with Gasteiger partial charge in [0, 0.05) is 52.9 Å². The molecule has 2 aliphatic heterocycles. The fraction of sp³-hybridized carbons (Fsp3) is 0.324. The number of hydrogen-bond donors (Lipinski definition) is 1. The molecule has 1 atom stereocenters. The van der Waals surface area contributed by atoms with E-state index in [2.05, 4.69) is 92.6 Å². The smallest absolute Gasteiger partial charge is 0.340 e. The molecular weight excluding hydrogens is 520 g/mol. The molecule has 214 valence electrons. The first-order chi connectivity index (χ1) is 20.3. The summed E-state index contributed by atoms with van der Waals surface area (Å²) < 4.78 is 13.1. The second-order valence-electron chi connectivity index (χ2n) is 12.4. The van der Waals surface area contributed by atoms with Crippen molar-refractivity contribution in [3.8, 4) is 11.5 Å². The van der Waals surface area contributed by atoms with Crippen molar-refractivity contribution >= 4 is 23.0 Å². The average molecular weight is 559 g/mol. The first-order valence-electron chi connectivity index (χ1n) is 15.3. The molecule has 5 heteroatoms. The highest BCUT2D eigenvalue weighted by Crippen LogP contribution is 2.57. The van der Waals surface area contributed by atoms with Gasteiger partial charge in [0.05, 0.1) is 5.56 Å². The molecule has 2 heterocycles. The Morgan fingerprint density at radius 2 is 1.60 bits per heavy atom. The molecule has 3 aliphatic rings. The molecule has 1 spiro atoms. The zero-order valence-electron chi connectivity index (χ0n) is 24.9. The Morgan fingerprint density at radius 3 is 2.36 bits per heavy atom. The third-order valence-corrected chi connectivity index (χ3v) is 9.43. The number of nitrogens with one attached hydrogen (secondary N) is 1. The SMILES string of the molecule is Cc1cc2c(cc1Nc1ccc(C(C)C)cc1)C1(OC(=O)c3ccccc31)c1ccc(N(C)C3CCCCC3)cc1O2. The van der Waals surface area contributed by atoms with Gasteiger partial charge >= 0.3 is 5.97 Å². The van der Waals surface area contributed by atoms with Crippen LogP contribution in [0.2, 0.25) is 0 Å². The highest BCUT2D eigenvalue weighted by atomic mass is 16.6. The van der Waals surface area contributed by atoms with Crippen molar-refractivity contribution in [3.05, 3.63) is 112 Å². The molecule has 42 heavy (non-hydrogen) atoms. The summed E-state index contributed by atoms with van der Waals surface area (Å²) in [6.45, 7) is 6.48. The van der Waals surface area contributed by atoms with Crippen molar-refractivity contribution in [1.29, 1.82) is 0 Å². The number of rotatable bonds is 5. The summed E-state index contributed by atoms with van der Waals surface area (Å²) in [6, 6.07) is 27.4. The lowest BCUT2D eigenvalue weighted by atomic mass is 9.77. The van der Waals surface area contributed by atoms with Gasteiger partial charge in [-0.3, -0.25) is 0 Å². The van der Waals surface area contributed by atoms with Crippen LogP contribution in [0.5, 0.6) is 11.5 Å². The van der Waals surface area contributed by atoms with E-state index in [-0.39, 0.29) is 5.97 Å². The van der Waals surface area contributed by atoms with Crippen LogP contribution in [0.1, 0.15) is 90.0 Å². The summed E-state index contributed by atoms with van der Waals surface area (Å²) in [6.07, 6.45) is 6.29. The first kappa shape index (κ1) is 26.6. The Labute approximate surface area is 248 Å². The minimum Gasteiger partial charge on any atom is -0.456 e. The molecular formula is C37H38N2O3. The number of ether oxygens (including phenoxy) is 2. The number of nitrogens with zero attached hydrogens (tertiary/aromatic N) is 1. The van der Waals surface area contributed by atoms with Crippen molar-refractivity contribution in [2.24, 2.45) is 0 Å². The number of fused-ring (bicyclic) bond motifs is 6. The third-order valence-electron chi connectivity index (χ3n) is 9.43. The number of hydrogen-bond acceptors (Lipinski definition) is 5. The molecule has 7 rings (SSSR count). The highest BCUT2D eigenvalue weighted by molar-refractivity contribution is 5.97. The molecule has 1 saturated carbocycles. The number of esters is 1. The maximum atomic E-state index is 13.4. The first-order valence-corrected chi connectivity index (χ1v) is 15.3. The van der Waals surface area contributed by atoms with E-state index in [4.69, 9.17) is 9.47 Å². The Hall–Kier alpha value is -4.25. The van der Waals surface area contributed by atoms with E-state index in [9.17, 15) is 4.79 Å². The van der Waals surface area contributed by atoms with Crippen LogP contribution in [0.25, 0.3) is 0 Å². The van der Waals surface area contributed by atoms with Crippen LogP contribution < -0.4 is 15.0 Å². The second kappa shape index (κ2) is 10.2. The van der Waals surface area contributed by atoms with Crippen LogP contribution in [0.3, 0.4) is 0 Å². The van der Waals surface area contributed by atoms with Gasteiger partial charge in [0.15, 0.2) is 5.60 Å². The van der Waals surface area contributed by atoms with E-state index in [0.717, 1.165) is 45.1 Å². The predicted octanol–water partition coefficient (Wildman–Crippen LogP) is 9.20. The Morgan fingerprint density at radius 1 is 0.857 bits per heavy atom. The zero-order chi connectivity index (χ0) is 29.0. The number of aryl methyl sites for hydroxylation is 1. The summed E-state index contributed by atoms with van der Waals surface area (Å²) >= 11 is 0. The Balaban J connectivity index is 1.35. The Kier molecular flexibility index (Phi) is 6.49. The minimum absolute atomic E-state index is 0.313. The lowest BCUT2D eigenvalue weighted by molar-refractivity contribution is 0.0224. The molecule has 1 N–H and O–H groups in total. The van der Waals surface area contributed by atoms with Crippen LogP contribution >= 0.6 is 0 Å². The fourth-order valence-electron chi connectivity index (χ4n) is 6.95. The van der Waals surface area contributed by atoms with Gasteiger partial charge < -0.3 is 19.7 Å². The van der Waals surface area contributed by atoms with Gasteiger partial charge in [0.25, 0.3) is 0 Å². The number of benzene rings is 4. The van der Waals surface area contributed by atoms with E-state index < -0.39 is 5.60 Å². The molecule has 1 unspecified atom stereocenters. The van der Waals surface area contributed by atoms with E-state index in [1.165, 1.54) is 37.7 Å². The molecule has 4 aromatic rings. The van der Waals surface area contributed by atoms with Crippen LogP contribution in [-0.4, -0.2) is 19.1 Å². The largest absolute Gasteiger partial charge is 0.456 e. The molecule has 5 nitrogen and oxygen atoms in total. The topological polar surface area (TPSA) is 50.8 Å². The molecule has 0 bridgehead atoms. The summed E-state index contributed by atoms with van der Waals surface area (Å²) in [5.74, 6) is 1.60. The van der Waals surface area contributed by atoms with Gasteiger partial charge in [-0.2, -0.15) is 0 Å². The third kappa shape index (κ3) is 4.25. The van der Waals surface area contributed by atoms with Crippen molar-refractivity contribution in [1.82, 2.24) is 0 Å².